The number of amides is 1. The van der Waals surface area contributed by atoms with Gasteiger partial charge in [0.1, 0.15) is 5.75 Å². The molecule has 0 aliphatic heterocycles. The van der Waals surface area contributed by atoms with Crippen LogP contribution >= 0.6 is 0 Å². The molecule has 2 rings (SSSR count). The second-order valence-corrected chi connectivity index (χ2v) is 6.57. The average molecular weight is 305 g/mol. The molecule has 0 heterocycles. The van der Waals surface area contributed by atoms with Gasteiger partial charge in [-0.25, -0.2) is 0 Å². The fourth-order valence-electron chi connectivity index (χ4n) is 3.03. The van der Waals surface area contributed by atoms with Crippen molar-refractivity contribution in [3.05, 3.63) is 29.8 Å². The summed E-state index contributed by atoms with van der Waals surface area (Å²) >= 11 is 0. The van der Waals surface area contributed by atoms with Crippen LogP contribution in [0.2, 0.25) is 0 Å². The van der Waals surface area contributed by atoms with Crippen molar-refractivity contribution in [2.45, 2.75) is 51.0 Å². The molecule has 0 radical (unpaired) electrons. The van der Waals surface area contributed by atoms with E-state index >= 15 is 0 Å². The fraction of sp³-hybridized carbons (Fsp3) is 0.611. The molecule has 1 aromatic carbocycles. The van der Waals surface area contributed by atoms with Gasteiger partial charge in [0, 0.05) is 18.9 Å². The Morgan fingerprint density at radius 2 is 1.91 bits per heavy atom. The van der Waals surface area contributed by atoms with Crippen molar-refractivity contribution in [3.63, 3.8) is 0 Å². The summed E-state index contributed by atoms with van der Waals surface area (Å²) in [6.45, 7) is 2.05. The summed E-state index contributed by atoms with van der Waals surface area (Å²) in [5.74, 6) is 1.02. The molecule has 0 saturated heterocycles. The second kappa shape index (κ2) is 7.63. The third-order valence-corrected chi connectivity index (χ3v) is 4.36. The number of carbonyl (C=O) groups excluding carboxylic acids is 1. The number of carbonyl (C=O) groups is 1. The highest BCUT2D eigenvalue weighted by Crippen LogP contribution is 2.24. The molecule has 1 aromatic rings. The van der Waals surface area contributed by atoms with Gasteiger partial charge in [-0.05, 0) is 37.5 Å². The number of benzene rings is 1. The second-order valence-electron chi connectivity index (χ2n) is 6.57. The molecular formula is C18H27NO3. The molecule has 0 spiro atoms. The molecular weight excluding hydrogens is 278 g/mol. The Morgan fingerprint density at radius 3 is 2.50 bits per heavy atom. The number of rotatable bonds is 6. The Morgan fingerprint density at radius 1 is 1.27 bits per heavy atom. The third kappa shape index (κ3) is 5.02. The first-order valence-corrected chi connectivity index (χ1v) is 8.13. The lowest BCUT2D eigenvalue weighted by atomic mass is 9.88. The largest absolute Gasteiger partial charge is 0.497 e. The smallest absolute Gasteiger partial charge is 0.223 e. The SMILES string of the molecule is COc1ccc(CC(C)(O)CNC(=O)C2CCCCC2)cc1. The van der Waals surface area contributed by atoms with Crippen molar-refractivity contribution in [3.8, 4) is 5.75 Å². The van der Waals surface area contributed by atoms with Gasteiger partial charge in [-0.2, -0.15) is 0 Å². The van der Waals surface area contributed by atoms with E-state index in [1.54, 1.807) is 14.0 Å². The first kappa shape index (κ1) is 16.8. The average Bonchev–Trinajstić information content (AvgIpc) is 2.54. The first-order valence-electron chi connectivity index (χ1n) is 8.13. The quantitative estimate of drug-likeness (QED) is 0.849. The third-order valence-electron chi connectivity index (χ3n) is 4.36. The van der Waals surface area contributed by atoms with Gasteiger partial charge in [0.05, 0.1) is 12.7 Å². The van der Waals surface area contributed by atoms with Gasteiger partial charge < -0.3 is 15.2 Å². The van der Waals surface area contributed by atoms with E-state index in [1.807, 2.05) is 24.3 Å². The van der Waals surface area contributed by atoms with Gasteiger partial charge in [0.2, 0.25) is 5.91 Å². The summed E-state index contributed by atoms with van der Waals surface area (Å²) in [7, 11) is 1.63. The van der Waals surface area contributed by atoms with Crippen LogP contribution in [0.15, 0.2) is 24.3 Å². The van der Waals surface area contributed by atoms with E-state index < -0.39 is 5.60 Å². The molecule has 4 nitrogen and oxygen atoms in total. The first-order chi connectivity index (χ1) is 10.5. The van der Waals surface area contributed by atoms with Gasteiger partial charge in [-0.1, -0.05) is 31.4 Å². The summed E-state index contributed by atoms with van der Waals surface area (Å²) in [6, 6.07) is 7.64. The summed E-state index contributed by atoms with van der Waals surface area (Å²) in [5.41, 5.74) is 0.0801. The predicted molar refractivity (Wildman–Crippen MR) is 86.9 cm³/mol. The Balaban J connectivity index is 1.82. The van der Waals surface area contributed by atoms with Crippen LogP contribution in [0.5, 0.6) is 5.75 Å². The van der Waals surface area contributed by atoms with Crippen LogP contribution in [0.3, 0.4) is 0 Å². The molecule has 1 unspecified atom stereocenters. The predicted octanol–water partition coefficient (Wildman–Crippen LogP) is 2.69. The minimum absolute atomic E-state index is 0.0923. The fourth-order valence-corrected chi connectivity index (χ4v) is 3.03. The van der Waals surface area contributed by atoms with E-state index in [0.717, 1.165) is 37.0 Å². The zero-order valence-electron chi connectivity index (χ0n) is 13.6. The molecule has 0 bridgehead atoms. The number of nitrogens with one attached hydrogen (secondary N) is 1. The van der Waals surface area contributed by atoms with Crippen molar-refractivity contribution < 1.29 is 14.6 Å². The molecule has 1 atom stereocenters. The zero-order chi connectivity index (χ0) is 16.0. The van der Waals surface area contributed by atoms with Crippen LogP contribution in [0, 0.1) is 5.92 Å². The maximum atomic E-state index is 12.1. The maximum absolute atomic E-state index is 12.1. The van der Waals surface area contributed by atoms with Crippen LogP contribution in [0.25, 0.3) is 0 Å². The van der Waals surface area contributed by atoms with Crippen LogP contribution in [0.1, 0.15) is 44.6 Å². The molecule has 2 N–H and O–H groups in total. The van der Waals surface area contributed by atoms with E-state index in [-0.39, 0.29) is 18.4 Å². The molecule has 1 amide bonds. The Labute approximate surface area is 132 Å². The molecule has 122 valence electrons. The summed E-state index contributed by atoms with van der Waals surface area (Å²) < 4.78 is 5.13. The van der Waals surface area contributed by atoms with Crippen LogP contribution in [-0.4, -0.2) is 30.3 Å². The lowest BCUT2D eigenvalue weighted by molar-refractivity contribution is -0.127. The van der Waals surface area contributed by atoms with Gasteiger partial charge in [-0.15, -0.1) is 0 Å². The topological polar surface area (TPSA) is 58.6 Å². The molecule has 1 saturated carbocycles. The number of hydrogen-bond acceptors (Lipinski definition) is 3. The van der Waals surface area contributed by atoms with E-state index in [9.17, 15) is 9.90 Å². The Bertz CT molecular complexity index is 476. The monoisotopic (exact) mass is 305 g/mol. The standard InChI is InChI=1S/C18H27NO3/c1-18(21,12-14-8-10-16(22-2)11-9-14)13-19-17(20)15-6-4-3-5-7-15/h8-11,15,21H,3-7,12-13H2,1-2H3,(H,19,20). The molecule has 22 heavy (non-hydrogen) atoms. The van der Waals surface area contributed by atoms with Crippen LogP contribution < -0.4 is 10.1 Å². The Hall–Kier alpha value is -1.55. The van der Waals surface area contributed by atoms with Gasteiger partial charge in [-0.3, -0.25) is 4.79 Å². The van der Waals surface area contributed by atoms with Crippen molar-refractivity contribution in [2.75, 3.05) is 13.7 Å². The number of methoxy groups -OCH3 is 1. The minimum Gasteiger partial charge on any atom is -0.497 e. The normalized spacial score (nSPS) is 18.5. The Kier molecular flexibility index (Phi) is 5.83. The number of ether oxygens (including phenoxy) is 1. The van der Waals surface area contributed by atoms with Crippen molar-refractivity contribution in [1.82, 2.24) is 5.32 Å². The summed E-state index contributed by atoms with van der Waals surface area (Å²) in [6.07, 6.45) is 5.97. The molecule has 1 aliphatic rings. The molecule has 1 fully saturated rings. The minimum atomic E-state index is -0.946. The highest BCUT2D eigenvalue weighted by atomic mass is 16.5. The van der Waals surface area contributed by atoms with Crippen molar-refractivity contribution >= 4 is 5.91 Å². The maximum Gasteiger partial charge on any atom is 0.223 e. The number of hydrogen-bond donors (Lipinski definition) is 2. The van der Waals surface area contributed by atoms with Gasteiger partial charge >= 0.3 is 0 Å². The van der Waals surface area contributed by atoms with E-state index in [2.05, 4.69) is 5.32 Å². The highest BCUT2D eigenvalue weighted by Gasteiger charge is 2.25. The van der Waals surface area contributed by atoms with Gasteiger partial charge in [0.25, 0.3) is 0 Å². The van der Waals surface area contributed by atoms with Gasteiger partial charge in [0.15, 0.2) is 0 Å². The molecule has 4 heteroatoms. The van der Waals surface area contributed by atoms with E-state index in [0.29, 0.717) is 6.42 Å². The molecule has 0 aromatic heterocycles. The van der Waals surface area contributed by atoms with Crippen LogP contribution in [0.4, 0.5) is 0 Å². The summed E-state index contributed by atoms with van der Waals surface area (Å²) in [5, 5.41) is 13.4. The lowest BCUT2D eigenvalue weighted by Gasteiger charge is -2.26. The summed E-state index contributed by atoms with van der Waals surface area (Å²) in [4.78, 5) is 12.1. The van der Waals surface area contributed by atoms with Crippen LogP contribution in [-0.2, 0) is 11.2 Å². The number of aliphatic hydroxyl groups is 1. The zero-order valence-corrected chi connectivity index (χ0v) is 13.6. The lowest BCUT2D eigenvalue weighted by Crippen LogP contribution is -2.44. The van der Waals surface area contributed by atoms with Crippen molar-refractivity contribution in [2.24, 2.45) is 5.92 Å². The molecule has 1 aliphatic carbocycles. The van der Waals surface area contributed by atoms with E-state index in [1.165, 1.54) is 6.42 Å². The highest BCUT2D eigenvalue weighted by molar-refractivity contribution is 5.78. The van der Waals surface area contributed by atoms with Crippen molar-refractivity contribution in [1.29, 1.82) is 0 Å². The van der Waals surface area contributed by atoms with E-state index in [4.69, 9.17) is 4.74 Å².